The first-order valence-electron chi connectivity index (χ1n) is 4.67. The van der Waals surface area contributed by atoms with Crippen LogP contribution >= 0.6 is 23.2 Å². The highest BCUT2D eigenvalue weighted by Gasteiger charge is 2.00. The molecule has 0 spiro atoms. The monoisotopic (exact) mass is 240 g/mol. The molecule has 15 heavy (non-hydrogen) atoms. The van der Waals surface area contributed by atoms with Crippen LogP contribution in [-0.4, -0.2) is 9.78 Å². The molecule has 4 heteroatoms. The SMILES string of the molecule is Clc1cnn(CCc2ccccc2Cl)c1. The molecule has 1 heterocycles. The minimum atomic E-state index is 0.661. The van der Waals surface area contributed by atoms with Crippen molar-refractivity contribution >= 4 is 23.2 Å². The van der Waals surface area contributed by atoms with Gasteiger partial charge in [0.05, 0.1) is 11.2 Å². The third kappa shape index (κ3) is 2.74. The topological polar surface area (TPSA) is 17.8 Å². The van der Waals surface area contributed by atoms with Crippen LogP contribution < -0.4 is 0 Å². The van der Waals surface area contributed by atoms with Gasteiger partial charge in [-0.15, -0.1) is 0 Å². The molecule has 0 aliphatic rings. The van der Waals surface area contributed by atoms with E-state index >= 15 is 0 Å². The average Bonchev–Trinajstić information content (AvgIpc) is 2.63. The fourth-order valence-corrected chi connectivity index (χ4v) is 1.78. The molecule has 0 aliphatic carbocycles. The third-order valence-corrected chi connectivity index (χ3v) is 2.73. The van der Waals surface area contributed by atoms with Crippen LogP contribution in [0.25, 0.3) is 0 Å². The Balaban J connectivity index is 2.02. The van der Waals surface area contributed by atoms with Crippen LogP contribution in [0.15, 0.2) is 36.7 Å². The smallest absolute Gasteiger partial charge is 0.0785 e. The van der Waals surface area contributed by atoms with E-state index in [1.165, 1.54) is 0 Å². The van der Waals surface area contributed by atoms with Crippen LogP contribution in [0.4, 0.5) is 0 Å². The molecule has 0 radical (unpaired) electrons. The molecule has 2 aromatic rings. The lowest BCUT2D eigenvalue weighted by Crippen LogP contribution is -2.01. The number of aromatic nitrogens is 2. The molecule has 2 nitrogen and oxygen atoms in total. The molecule has 2 rings (SSSR count). The van der Waals surface area contributed by atoms with Gasteiger partial charge in [-0.3, -0.25) is 4.68 Å². The van der Waals surface area contributed by atoms with Crippen molar-refractivity contribution in [1.82, 2.24) is 9.78 Å². The van der Waals surface area contributed by atoms with Gasteiger partial charge in [0.25, 0.3) is 0 Å². The Labute approximate surface area is 98.4 Å². The van der Waals surface area contributed by atoms with E-state index in [1.807, 2.05) is 28.9 Å². The van der Waals surface area contributed by atoms with Gasteiger partial charge in [0.2, 0.25) is 0 Å². The number of hydrogen-bond acceptors (Lipinski definition) is 1. The van der Waals surface area contributed by atoms with Crippen LogP contribution in [0.2, 0.25) is 10.0 Å². The second kappa shape index (κ2) is 4.69. The zero-order valence-electron chi connectivity index (χ0n) is 8.03. The summed E-state index contributed by atoms with van der Waals surface area (Å²) in [6, 6.07) is 7.83. The summed E-state index contributed by atoms with van der Waals surface area (Å²) in [6.07, 6.45) is 4.30. The standard InChI is InChI=1S/C11H10Cl2N2/c12-10-7-14-15(8-10)6-5-9-3-1-2-4-11(9)13/h1-4,7-8H,5-6H2. The maximum absolute atomic E-state index is 6.04. The molecule has 0 unspecified atom stereocenters. The van der Waals surface area contributed by atoms with Gasteiger partial charge in [-0.05, 0) is 18.1 Å². The Bertz CT molecular complexity index is 451. The predicted octanol–water partition coefficient (Wildman–Crippen LogP) is 3.43. The first-order valence-corrected chi connectivity index (χ1v) is 5.42. The van der Waals surface area contributed by atoms with E-state index in [9.17, 15) is 0 Å². The molecule has 0 amide bonds. The highest BCUT2D eigenvalue weighted by molar-refractivity contribution is 6.31. The molecular weight excluding hydrogens is 231 g/mol. The van der Waals surface area contributed by atoms with Gasteiger partial charge in [-0.2, -0.15) is 5.10 Å². The van der Waals surface area contributed by atoms with Crippen molar-refractivity contribution in [2.75, 3.05) is 0 Å². The van der Waals surface area contributed by atoms with Crippen molar-refractivity contribution in [2.24, 2.45) is 0 Å². The molecule has 0 aliphatic heterocycles. The normalized spacial score (nSPS) is 10.5. The van der Waals surface area contributed by atoms with Crippen molar-refractivity contribution in [3.05, 3.63) is 52.3 Å². The summed E-state index contributed by atoms with van der Waals surface area (Å²) in [5.41, 5.74) is 1.13. The van der Waals surface area contributed by atoms with Crippen LogP contribution in [0.5, 0.6) is 0 Å². The molecule has 0 fully saturated rings. The molecular formula is C11H10Cl2N2. The van der Waals surface area contributed by atoms with E-state index < -0.39 is 0 Å². The summed E-state index contributed by atoms with van der Waals surface area (Å²) >= 11 is 11.8. The van der Waals surface area contributed by atoms with Gasteiger partial charge in [0.15, 0.2) is 0 Å². The fraction of sp³-hybridized carbons (Fsp3) is 0.182. The summed E-state index contributed by atoms with van der Waals surface area (Å²) in [5, 5.41) is 5.57. The van der Waals surface area contributed by atoms with Crippen LogP contribution in [0.3, 0.4) is 0 Å². The average molecular weight is 241 g/mol. The van der Waals surface area contributed by atoms with Gasteiger partial charge in [-0.25, -0.2) is 0 Å². The number of rotatable bonds is 3. The molecule has 0 N–H and O–H groups in total. The molecule has 0 bridgehead atoms. The van der Waals surface area contributed by atoms with Gasteiger partial charge < -0.3 is 0 Å². The molecule has 0 saturated carbocycles. The minimum absolute atomic E-state index is 0.661. The lowest BCUT2D eigenvalue weighted by atomic mass is 10.1. The lowest BCUT2D eigenvalue weighted by molar-refractivity contribution is 0.615. The highest BCUT2D eigenvalue weighted by atomic mass is 35.5. The number of benzene rings is 1. The van der Waals surface area contributed by atoms with E-state index in [-0.39, 0.29) is 0 Å². The zero-order valence-corrected chi connectivity index (χ0v) is 9.54. The third-order valence-electron chi connectivity index (χ3n) is 2.17. The Hall–Kier alpha value is -0.990. The van der Waals surface area contributed by atoms with E-state index in [2.05, 4.69) is 5.10 Å². The number of nitrogens with zero attached hydrogens (tertiary/aromatic N) is 2. The summed E-state index contributed by atoms with van der Waals surface area (Å²) < 4.78 is 1.81. The Morgan fingerprint density at radius 1 is 1.20 bits per heavy atom. The molecule has 1 aromatic heterocycles. The Morgan fingerprint density at radius 2 is 2.00 bits per heavy atom. The molecule has 0 atom stereocenters. The first kappa shape index (κ1) is 10.5. The lowest BCUT2D eigenvalue weighted by Gasteiger charge is -2.03. The van der Waals surface area contributed by atoms with Crippen molar-refractivity contribution in [3.8, 4) is 0 Å². The second-order valence-corrected chi connectivity index (χ2v) is 4.11. The van der Waals surface area contributed by atoms with E-state index in [0.717, 1.165) is 23.6 Å². The van der Waals surface area contributed by atoms with Crippen molar-refractivity contribution in [3.63, 3.8) is 0 Å². The summed E-state index contributed by atoms with van der Waals surface area (Å²) in [7, 11) is 0. The maximum Gasteiger partial charge on any atom is 0.0785 e. The quantitative estimate of drug-likeness (QED) is 0.804. The fourth-order valence-electron chi connectivity index (χ4n) is 1.40. The summed E-state index contributed by atoms with van der Waals surface area (Å²) in [4.78, 5) is 0. The molecule has 78 valence electrons. The van der Waals surface area contributed by atoms with Crippen molar-refractivity contribution in [1.29, 1.82) is 0 Å². The number of hydrogen-bond donors (Lipinski definition) is 0. The second-order valence-electron chi connectivity index (χ2n) is 3.26. The number of halogens is 2. The van der Waals surface area contributed by atoms with E-state index in [4.69, 9.17) is 23.2 Å². The van der Waals surface area contributed by atoms with Crippen LogP contribution in [-0.2, 0) is 13.0 Å². The summed E-state index contributed by atoms with van der Waals surface area (Å²) in [6.45, 7) is 0.788. The van der Waals surface area contributed by atoms with E-state index in [1.54, 1.807) is 12.4 Å². The van der Waals surface area contributed by atoms with Gasteiger partial charge in [0.1, 0.15) is 0 Å². The Morgan fingerprint density at radius 3 is 2.67 bits per heavy atom. The van der Waals surface area contributed by atoms with E-state index in [0.29, 0.717) is 5.02 Å². The van der Waals surface area contributed by atoms with Crippen LogP contribution in [0, 0.1) is 0 Å². The zero-order chi connectivity index (χ0) is 10.7. The Kier molecular flexibility index (Phi) is 3.29. The van der Waals surface area contributed by atoms with Gasteiger partial charge in [0, 0.05) is 17.8 Å². The van der Waals surface area contributed by atoms with Crippen LogP contribution in [0.1, 0.15) is 5.56 Å². The van der Waals surface area contributed by atoms with Crippen molar-refractivity contribution < 1.29 is 0 Å². The largest absolute Gasteiger partial charge is 0.271 e. The van der Waals surface area contributed by atoms with Crippen molar-refractivity contribution in [2.45, 2.75) is 13.0 Å². The van der Waals surface area contributed by atoms with Gasteiger partial charge >= 0.3 is 0 Å². The first-order chi connectivity index (χ1) is 7.25. The highest BCUT2D eigenvalue weighted by Crippen LogP contribution is 2.16. The minimum Gasteiger partial charge on any atom is -0.271 e. The maximum atomic E-state index is 6.04. The molecule has 0 saturated heterocycles. The number of aryl methyl sites for hydroxylation is 2. The summed E-state index contributed by atoms with van der Waals surface area (Å²) in [5.74, 6) is 0. The van der Waals surface area contributed by atoms with Gasteiger partial charge in [-0.1, -0.05) is 41.4 Å². The predicted molar refractivity (Wildman–Crippen MR) is 62.4 cm³/mol. The molecule has 1 aromatic carbocycles.